The van der Waals surface area contributed by atoms with E-state index in [1.807, 2.05) is 31.2 Å². The van der Waals surface area contributed by atoms with E-state index >= 15 is 0 Å². The molecule has 1 aliphatic heterocycles. The molecule has 2 aromatic heterocycles. The van der Waals surface area contributed by atoms with Gasteiger partial charge in [0.05, 0.1) is 17.0 Å². The number of fused-ring (bicyclic) bond motifs is 2. The lowest BCUT2D eigenvalue weighted by Crippen LogP contribution is -2.29. The number of aryl methyl sites for hydroxylation is 1. The smallest absolute Gasteiger partial charge is 0.297 e. The van der Waals surface area contributed by atoms with E-state index < -0.39 is 6.04 Å². The van der Waals surface area contributed by atoms with Crippen LogP contribution < -0.4 is 10.3 Å². The molecule has 6 nitrogen and oxygen atoms in total. The van der Waals surface area contributed by atoms with Gasteiger partial charge in [-0.05, 0) is 36.8 Å². The summed E-state index contributed by atoms with van der Waals surface area (Å²) in [6.45, 7) is 1.82. The Balaban J connectivity index is 1.82. The van der Waals surface area contributed by atoms with Crippen LogP contribution in [0.4, 0.5) is 5.13 Å². The van der Waals surface area contributed by atoms with Crippen LogP contribution in [0.3, 0.4) is 0 Å². The lowest BCUT2D eigenvalue weighted by Gasteiger charge is -2.22. The normalized spacial score (nSPS) is 16.0. The molecule has 0 bridgehead atoms. The zero-order chi connectivity index (χ0) is 19.4. The molecule has 0 spiro atoms. The largest absolute Gasteiger partial charge is 0.450 e. The minimum atomic E-state index is -0.621. The van der Waals surface area contributed by atoms with Gasteiger partial charge in [-0.25, -0.2) is 0 Å². The molecule has 0 aliphatic carbocycles. The predicted octanol–water partition coefficient (Wildman–Crippen LogP) is 4.47. The minimum Gasteiger partial charge on any atom is -0.450 e. The number of hydrogen-bond acceptors (Lipinski definition) is 6. The van der Waals surface area contributed by atoms with Gasteiger partial charge in [0, 0.05) is 4.47 Å². The standard InChI is InChI=1S/C20H12BrN3O3S/c1-10-22-23-20(28-10)24-16(11-6-8-12(21)9-7-11)15-17(25)13-4-2-3-5-14(13)27-18(15)19(24)26/h2-9,16H,1H3. The highest BCUT2D eigenvalue weighted by Crippen LogP contribution is 2.42. The monoisotopic (exact) mass is 453 g/mol. The van der Waals surface area contributed by atoms with Gasteiger partial charge in [0.15, 0.2) is 5.43 Å². The van der Waals surface area contributed by atoms with Gasteiger partial charge in [-0.2, -0.15) is 0 Å². The van der Waals surface area contributed by atoms with E-state index in [0.717, 1.165) is 15.0 Å². The van der Waals surface area contributed by atoms with Crippen LogP contribution in [0.15, 0.2) is 62.2 Å². The molecule has 5 rings (SSSR count). The fraction of sp³-hybridized carbons (Fsp3) is 0.100. The number of aromatic nitrogens is 2. The predicted molar refractivity (Wildman–Crippen MR) is 110 cm³/mol. The lowest BCUT2D eigenvalue weighted by molar-refractivity contribution is 0.0970. The van der Waals surface area contributed by atoms with Crippen LogP contribution >= 0.6 is 27.3 Å². The Morgan fingerprint density at radius 1 is 1.07 bits per heavy atom. The first kappa shape index (κ1) is 17.3. The van der Waals surface area contributed by atoms with E-state index in [0.29, 0.717) is 21.7 Å². The zero-order valence-corrected chi connectivity index (χ0v) is 17.0. The summed E-state index contributed by atoms with van der Waals surface area (Å²) in [7, 11) is 0. The van der Waals surface area contributed by atoms with Crippen molar-refractivity contribution in [2.75, 3.05) is 4.90 Å². The maximum atomic E-state index is 13.3. The highest BCUT2D eigenvalue weighted by Gasteiger charge is 2.45. The molecule has 0 radical (unpaired) electrons. The Bertz CT molecular complexity index is 1300. The van der Waals surface area contributed by atoms with Crippen LogP contribution in [0.5, 0.6) is 0 Å². The van der Waals surface area contributed by atoms with E-state index in [9.17, 15) is 9.59 Å². The number of halogens is 1. The Kier molecular flexibility index (Phi) is 3.92. The third-order valence-electron chi connectivity index (χ3n) is 4.68. The van der Waals surface area contributed by atoms with Gasteiger partial charge in [0.2, 0.25) is 10.9 Å². The maximum Gasteiger partial charge on any atom is 0.297 e. The summed E-state index contributed by atoms with van der Waals surface area (Å²) in [6.07, 6.45) is 0. The first-order valence-corrected chi connectivity index (χ1v) is 10.1. The number of rotatable bonds is 2. The number of carbonyl (C=O) groups is 1. The van der Waals surface area contributed by atoms with Crippen molar-refractivity contribution in [1.29, 1.82) is 0 Å². The summed E-state index contributed by atoms with van der Waals surface area (Å²) in [4.78, 5) is 28.1. The highest BCUT2D eigenvalue weighted by atomic mass is 79.9. The average Bonchev–Trinajstić information content (AvgIpc) is 3.24. The molecule has 0 N–H and O–H groups in total. The van der Waals surface area contributed by atoms with E-state index in [-0.39, 0.29) is 17.1 Å². The SMILES string of the molecule is Cc1nnc(N2C(=O)c3oc4ccccc4c(=O)c3C2c2ccc(Br)cc2)s1. The number of para-hydroxylation sites is 1. The average molecular weight is 454 g/mol. The Morgan fingerprint density at radius 3 is 2.54 bits per heavy atom. The molecule has 0 saturated heterocycles. The first-order valence-electron chi connectivity index (χ1n) is 8.49. The van der Waals surface area contributed by atoms with Crippen molar-refractivity contribution in [1.82, 2.24) is 10.2 Å². The second-order valence-electron chi connectivity index (χ2n) is 6.40. The van der Waals surface area contributed by atoms with Crippen LogP contribution in [0.1, 0.15) is 32.7 Å². The zero-order valence-electron chi connectivity index (χ0n) is 14.5. The molecular weight excluding hydrogens is 442 g/mol. The summed E-state index contributed by atoms with van der Waals surface area (Å²) >= 11 is 4.73. The van der Waals surface area contributed by atoms with Crippen molar-refractivity contribution in [3.63, 3.8) is 0 Å². The molecule has 3 heterocycles. The third kappa shape index (κ3) is 2.52. The summed E-state index contributed by atoms with van der Waals surface area (Å²) in [5, 5.41) is 9.80. The van der Waals surface area contributed by atoms with E-state index in [1.54, 1.807) is 24.3 Å². The molecule has 1 aliphatic rings. The van der Waals surface area contributed by atoms with Crippen molar-refractivity contribution < 1.29 is 9.21 Å². The second-order valence-corrected chi connectivity index (χ2v) is 8.48. The molecule has 1 atom stereocenters. The number of hydrogen-bond donors (Lipinski definition) is 0. The Morgan fingerprint density at radius 2 is 1.82 bits per heavy atom. The molecule has 138 valence electrons. The van der Waals surface area contributed by atoms with E-state index in [1.165, 1.54) is 16.2 Å². The van der Waals surface area contributed by atoms with Gasteiger partial charge in [-0.3, -0.25) is 14.5 Å². The van der Waals surface area contributed by atoms with Crippen LogP contribution in [0, 0.1) is 6.92 Å². The number of anilines is 1. The maximum absolute atomic E-state index is 13.3. The van der Waals surface area contributed by atoms with Crippen LogP contribution in [-0.4, -0.2) is 16.1 Å². The van der Waals surface area contributed by atoms with Crippen molar-refractivity contribution in [2.24, 2.45) is 0 Å². The van der Waals surface area contributed by atoms with Crippen LogP contribution in [-0.2, 0) is 0 Å². The van der Waals surface area contributed by atoms with Crippen LogP contribution in [0.2, 0.25) is 0 Å². The first-order chi connectivity index (χ1) is 13.5. The molecule has 1 amide bonds. The molecule has 0 fully saturated rings. The number of amides is 1. The Hall–Kier alpha value is -2.84. The fourth-order valence-electron chi connectivity index (χ4n) is 3.46. The van der Waals surface area contributed by atoms with Gasteiger partial charge in [-0.1, -0.05) is 51.5 Å². The summed E-state index contributed by atoms with van der Waals surface area (Å²) in [6, 6.07) is 13.9. The van der Waals surface area contributed by atoms with Gasteiger partial charge in [0.25, 0.3) is 5.91 Å². The minimum absolute atomic E-state index is 0.0597. The molecule has 4 aromatic rings. The van der Waals surface area contributed by atoms with Crippen molar-refractivity contribution >= 4 is 49.3 Å². The fourth-order valence-corrected chi connectivity index (χ4v) is 4.44. The topological polar surface area (TPSA) is 76.3 Å². The summed E-state index contributed by atoms with van der Waals surface area (Å²) in [5.74, 6) is -0.327. The molecule has 0 saturated carbocycles. The molecule has 2 aromatic carbocycles. The van der Waals surface area contributed by atoms with E-state index in [2.05, 4.69) is 26.1 Å². The lowest BCUT2D eigenvalue weighted by atomic mass is 9.99. The highest BCUT2D eigenvalue weighted by molar-refractivity contribution is 9.10. The molecular formula is C20H12BrN3O3S. The van der Waals surface area contributed by atoms with Gasteiger partial charge >= 0.3 is 0 Å². The van der Waals surface area contributed by atoms with E-state index in [4.69, 9.17) is 4.42 Å². The third-order valence-corrected chi connectivity index (χ3v) is 6.05. The Labute approximate surface area is 171 Å². The quantitative estimate of drug-likeness (QED) is 0.447. The molecule has 1 unspecified atom stereocenters. The van der Waals surface area contributed by atoms with Gasteiger partial charge < -0.3 is 4.42 Å². The number of carbonyl (C=O) groups excluding carboxylic acids is 1. The molecule has 8 heteroatoms. The summed E-state index contributed by atoms with van der Waals surface area (Å²) in [5.41, 5.74) is 1.32. The number of benzene rings is 2. The van der Waals surface area contributed by atoms with Gasteiger partial charge in [0.1, 0.15) is 10.6 Å². The molecule has 28 heavy (non-hydrogen) atoms. The van der Waals surface area contributed by atoms with Gasteiger partial charge in [-0.15, -0.1) is 10.2 Å². The van der Waals surface area contributed by atoms with Crippen LogP contribution in [0.25, 0.3) is 11.0 Å². The van der Waals surface area contributed by atoms with Crippen molar-refractivity contribution in [3.05, 3.63) is 85.1 Å². The summed E-state index contributed by atoms with van der Waals surface area (Å²) < 4.78 is 6.79. The number of nitrogens with zero attached hydrogens (tertiary/aromatic N) is 3. The second kappa shape index (κ2) is 6.35. The van der Waals surface area contributed by atoms with Crippen molar-refractivity contribution in [2.45, 2.75) is 13.0 Å². The van der Waals surface area contributed by atoms with Crippen molar-refractivity contribution in [3.8, 4) is 0 Å².